The first-order valence-electron chi connectivity index (χ1n) is 6.89. The van der Waals surface area contributed by atoms with E-state index in [4.69, 9.17) is 0 Å². The van der Waals surface area contributed by atoms with Crippen LogP contribution in [0.25, 0.3) is 11.4 Å². The molecule has 0 unspecified atom stereocenters. The number of nitrogens with zero attached hydrogens (tertiary/aromatic N) is 4. The molecule has 0 saturated carbocycles. The molecule has 0 amide bonds. The first-order valence-corrected chi connectivity index (χ1v) is 7.88. The second-order valence-electron chi connectivity index (χ2n) is 4.94. The molecule has 1 aliphatic rings. The highest BCUT2D eigenvalue weighted by molar-refractivity contribution is 7.99. The molecule has 2 aromatic carbocycles. The summed E-state index contributed by atoms with van der Waals surface area (Å²) in [5, 5.41) is 13.3. The van der Waals surface area contributed by atoms with Gasteiger partial charge in [0.15, 0.2) is 5.82 Å². The van der Waals surface area contributed by atoms with Crippen molar-refractivity contribution < 1.29 is 8.78 Å². The number of thioether (sulfide) groups is 1. The Balaban J connectivity index is 1.81. The lowest BCUT2D eigenvalue weighted by atomic mass is 10.1. The van der Waals surface area contributed by atoms with Gasteiger partial charge < -0.3 is 0 Å². The maximum atomic E-state index is 14.0. The quantitative estimate of drug-likeness (QED) is 0.722. The van der Waals surface area contributed by atoms with Crippen molar-refractivity contribution >= 4 is 17.5 Å². The molecule has 1 aromatic heterocycles. The van der Waals surface area contributed by atoms with E-state index in [1.807, 2.05) is 0 Å². The minimum absolute atomic E-state index is 0.313. The summed E-state index contributed by atoms with van der Waals surface area (Å²) in [6.07, 6.45) is 0. The van der Waals surface area contributed by atoms with E-state index in [-0.39, 0.29) is 11.6 Å². The normalized spacial score (nSPS) is 13.6. The Labute approximate surface area is 134 Å². The van der Waals surface area contributed by atoms with Gasteiger partial charge >= 0.3 is 0 Å². The summed E-state index contributed by atoms with van der Waals surface area (Å²) < 4.78 is 28.6. The molecule has 114 valence electrons. The molecule has 0 spiro atoms. The van der Waals surface area contributed by atoms with E-state index in [1.165, 1.54) is 30.0 Å². The van der Waals surface area contributed by atoms with Crippen molar-refractivity contribution in [2.24, 2.45) is 5.10 Å². The molecule has 0 aliphatic carbocycles. The van der Waals surface area contributed by atoms with Crippen molar-refractivity contribution in [3.63, 3.8) is 0 Å². The summed E-state index contributed by atoms with van der Waals surface area (Å²) in [4.78, 5) is 0. The largest absolute Gasteiger partial charge is 0.212 e. The van der Waals surface area contributed by atoms with Gasteiger partial charge in [-0.1, -0.05) is 30.0 Å². The number of benzene rings is 2. The van der Waals surface area contributed by atoms with Crippen LogP contribution < -0.4 is 0 Å². The zero-order valence-corrected chi connectivity index (χ0v) is 12.6. The molecule has 0 radical (unpaired) electrons. The van der Waals surface area contributed by atoms with Gasteiger partial charge in [-0.3, -0.25) is 0 Å². The highest BCUT2D eigenvalue weighted by Gasteiger charge is 2.22. The van der Waals surface area contributed by atoms with E-state index >= 15 is 0 Å². The van der Waals surface area contributed by atoms with E-state index in [0.29, 0.717) is 33.6 Å². The van der Waals surface area contributed by atoms with Crippen molar-refractivity contribution in [1.29, 1.82) is 0 Å². The highest BCUT2D eigenvalue weighted by atomic mass is 32.2. The van der Waals surface area contributed by atoms with Gasteiger partial charge in [-0.05, 0) is 30.3 Å². The molecule has 0 bridgehead atoms. The van der Waals surface area contributed by atoms with Crippen LogP contribution in [0.3, 0.4) is 0 Å². The van der Waals surface area contributed by atoms with Crippen molar-refractivity contribution in [1.82, 2.24) is 14.9 Å². The molecule has 0 fully saturated rings. The van der Waals surface area contributed by atoms with Gasteiger partial charge in [-0.15, -0.1) is 10.2 Å². The zero-order valence-electron chi connectivity index (χ0n) is 11.8. The molecule has 23 heavy (non-hydrogen) atoms. The zero-order chi connectivity index (χ0) is 15.8. The van der Waals surface area contributed by atoms with E-state index in [1.54, 1.807) is 35.0 Å². The molecular weight excluding hydrogens is 318 g/mol. The third-order valence-electron chi connectivity index (χ3n) is 3.46. The van der Waals surface area contributed by atoms with Crippen molar-refractivity contribution in [2.45, 2.75) is 5.16 Å². The smallest absolute Gasteiger partial charge is 0.207 e. The first kappa shape index (κ1) is 14.1. The molecule has 0 atom stereocenters. The van der Waals surface area contributed by atoms with Gasteiger partial charge in [0.2, 0.25) is 5.16 Å². The molecular formula is C16H10F2N4S. The lowest BCUT2D eigenvalue weighted by molar-refractivity contribution is 0.624. The van der Waals surface area contributed by atoms with Crippen LogP contribution in [0.5, 0.6) is 0 Å². The average Bonchev–Trinajstić information content (AvgIpc) is 2.99. The second-order valence-corrected chi connectivity index (χ2v) is 5.88. The van der Waals surface area contributed by atoms with Gasteiger partial charge in [-0.2, -0.15) is 9.78 Å². The Morgan fingerprint density at radius 1 is 0.957 bits per heavy atom. The Morgan fingerprint density at radius 3 is 2.52 bits per heavy atom. The Bertz CT molecular complexity index is 903. The lowest BCUT2D eigenvalue weighted by Gasteiger charge is -2.14. The van der Waals surface area contributed by atoms with Gasteiger partial charge in [0.1, 0.15) is 11.6 Å². The highest BCUT2D eigenvalue weighted by Crippen LogP contribution is 2.28. The maximum Gasteiger partial charge on any atom is 0.212 e. The molecule has 7 heteroatoms. The topological polar surface area (TPSA) is 43.1 Å². The lowest BCUT2D eigenvalue weighted by Crippen LogP contribution is -2.15. The number of hydrogen-bond acceptors (Lipinski definition) is 4. The van der Waals surface area contributed by atoms with E-state index in [2.05, 4.69) is 15.3 Å². The van der Waals surface area contributed by atoms with Crippen LogP contribution in [-0.2, 0) is 0 Å². The maximum absolute atomic E-state index is 14.0. The second kappa shape index (κ2) is 5.58. The summed E-state index contributed by atoms with van der Waals surface area (Å²) in [7, 11) is 0. The fourth-order valence-corrected chi connectivity index (χ4v) is 3.16. The van der Waals surface area contributed by atoms with E-state index < -0.39 is 0 Å². The van der Waals surface area contributed by atoms with Crippen molar-refractivity contribution in [3.8, 4) is 11.4 Å². The molecule has 3 aromatic rings. The van der Waals surface area contributed by atoms with Crippen molar-refractivity contribution in [3.05, 3.63) is 65.7 Å². The molecule has 4 nitrogen and oxygen atoms in total. The summed E-state index contributed by atoms with van der Waals surface area (Å²) in [5.74, 6) is 0.382. The number of halogens is 2. The average molecular weight is 328 g/mol. The fourth-order valence-electron chi connectivity index (χ4n) is 2.33. The monoisotopic (exact) mass is 328 g/mol. The van der Waals surface area contributed by atoms with E-state index in [0.717, 1.165) is 0 Å². The number of aromatic nitrogens is 3. The predicted octanol–water partition coefficient (Wildman–Crippen LogP) is 3.58. The number of fused-ring (bicyclic) bond motifs is 1. The summed E-state index contributed by atoms with van der Waals surface area (Å²) in [5.41, 5.74) is 1.78. The first-order chi connectivity index (χ1) is 11.2. The van der Waals surface area contributed by atoms with Crippen LogP contribution in [0.15, 0.2) is 58.8 Å². The third-order valence-corrected chi connectivity index (χ3v) is 4.39. The van der Waals surface area contributed by atoms with Crippen molar-refractivity contribution in [2.75, 3.05) is 5.75 Å². The minimum Gasteiger partial charge on any atom is -0.207 e. The third kappa shape index (κ3) is 2.53. The summed E-state index contributed by atoms with van der Waals surface area (Å²) in [6.45, 7) is 0. The van der Waals surface area contributed by atoms with Crippen LogP contribution >= 0.6 is 11.8 Å². The molecule has 0 saturated heterocycles. The van der Waals surface area contributed by atoms with Crippen LogP contribution in [0.2, 0.25) is 0 Å². The molecule has 1 aliphatic heterocycles. The molecule has 2 heterocycles. The Hall–Kier alpha value is -2.54. The van der Waals surface area contributed by atoms with Gasteiger partial charge in [-0.25, -0.2) is 8.78 Å². The van der Waals surface area contributed by atoms with Gasteiger partial charge in [0.05, 0.1) is 5.71 Å². The Kier molecular flexibility index (Phi) is 3.42. The number of rotatable bonds is 2. The van der Waals surface area contributed by atoms with Gasteiger partial charge in [0, 0.05) is 16.9 Å². The minimum atomic E-state index is -0.322. The van der Waals surface area contributed by atoms with Crippen LogP contribution in [-0.4, -0.2) is 26.3 Å². The molecule has 0 N–H and O–H groups in total. The van der Waals surface area contributed by atoms with E-state index in [9.17, 15) is 8.78 Å². The standard InChI is InChI=1S/C16H10F2N4S/c17-11-7-5-10(6-8-11)15-19-20-16-22(15)21-14(9-23-16)12-3-1-2-4-13(12)18/h1-8H,9H2. The van der Waals surface area contributed by atoms with Crippen LogP contribution in [0, 0.1) is 11.6 Å². The predicted molar refractivity (Wildman–Crippen MR) is 84.5 cm³/mol. The number of hydrogen-bond donors (Lipinski definition) is 0. The SMILES string of the molecule is Fc1ccc(-c2nnc3n2N=C(c2ccccc2F)CS3)cc1. The summed E-state index contributed by atoms with van der Waals surface area (Å²) in [6, 6.07) is 12.5. The summed E-state index contributed by atoms with van der Waals surface area (Å²) >= 11 is 1.44. The Morgan fingerprint density at radius 2 is 1.74 bits per heavy atom. The van der Waals surface area contributed by atoms with Crippen LogP contribution in [0.1, 0.15) is 5.56 Å². The van der Waals surface area contributed by atoms with Crippen LogP contribution in [0.4, 0.5) is 8.78 Å². The fraction of sp³-hybridized carbons (Fsp3) is 0.0625. The van der Waals surface area contributed by atoms with Gasteiger partial charge in [0.25, 0.3) is 0 Å². The molecule has 4 rings (SSSR count).